The summed E-state index contributed by atoms with van der Waals surface area (Å²) in [6.45, 7) is 3.25. The van der Waals surface area contributed by atoms with Gasteiger partial charge in [0.05, 0.1) is 5.41 Å². The molecule has 2 aromatic rings. The summed E-state index contributed by atoms with van der Waals surface area (Å²) in [6, 6.07) is 3.77. The molecule has 1 aliphatic heterocycles. The summed E-state index contributed by atoms with van der Waals surface area (Å²) in [5, 5.41) is 9.56. The number of hydrogen-bond acceptors (Lipinski definition) is 5. The minimum absolute atomic E-state index is 0.509. The minimum Gasteiger partial charge on any atom is -0.481 e. The monoisotopic (exact) mass is 286 g/mol. The number of carboxylic acid groups (broad SMARTS) is 1. The molecule has 110 valence electrons. The van der Waals surface area contributed by atoms with Crippen molar-refractivity contribution in [2.24, 2.45) is 5.41 Å². The summed E-state index contributed by atoms with van der Waals surface area (Å²) < 4.78 is 0. The number of aromatic nitrogens is 3. The quantitative estimate of drug-likeness (QED) is 0.927. The average molecular weight is 286 g/mol. The standard InChI is InChI=1S/C15H18N4O2/c1-2-5-15(14(20)21)6-9-19(10-15)12-4-3-11-13(18-12)17-8-7-16-11/h3-4,7-8H,2,5-6,9-10H2,1H3,(H,20,21). The van der Waals surface area contributed by atoms with Crippen LogP contribution in [-0.4, -0.2) is 39.1 Å². The highest BCUT2D eigenvalue weighted by Gasteiger charge is 2.44. The van der Waals surface area contributed by atoms with E-state index >= 15 is 0 Å². The number of rotatable bonds is 4. The molecular weight excluding hydrogens is 268 g/mol. The van der Waals surface area contributed by atoms with Gasteiger partial charge in [-0.3, -0.25) is 9.78 Å². The molecule has 1 fully saturated rings. The van der Waals surface area contributed by atoms with Crippen LogP contribution in [0.1, 0.15) is 26.2 Å². The second-order valence-electron chi connectivity index (χ2n) is 5.58. The fourth-order valence-corrected chi connectivity index (χ4v) is 3.05. The Labute approximate surface area is 122 Å². The maximum absolute atomic E-state index is 11.6. The molecule has 2 aromatic heterocycles. The number of carbonyl (C=O) groups is 1. The van der Waals surface area contributed by atoms with E-state index < -0.39 is 11.4 Å². The van der Waals surface area contributed by atoms with E-state index in [9.17, 15) is 9.90 Å². The van der Waals surface area contributed by atoms with Gasteiger partial charge < -0.3 is 10.0 Å². The van der Waals surface area contributed by atoms with E-state index in [-0.39, 0.29) is 0 Å². The lowest BCUT2D eigenvalue weighted by Gasteiger charge is -2.24. The third kappa shape index (κ3) is 2.41. The van der Waals surface area contributed by atoms with Gasteiger partial charge in [-0.1, -0.05) is 13.3 Å². The summed E-state index contributed by atoms with van der Waals surface area (Å²) in [4.78, 5) is 26.6. The Balaban J connectivity index is 1.88. The van der Waals surface area contributed by atoms with E-state index in [0.717, 1.165) is 17.8 Å². The second kappa shape index (κ2) is 5.27. The van der Waals surface area contributed by atoms with E-state index in [1.165, 1.54) is 0 Å². The van der Waals surface area contributed by atoms with Crippen molar-refractivity contribution in [3.63, 3.8) is 0 Å². The first kappa shape index (κ1) is 13.7. The molecule has 3 heterocycles. The largest absolute Gasteiger partial charge is 0.481 e. The van der Waals surface area contributed by atoms with E-state index in [1.807, 2.05) is 24.0 Å². The van der Waals surface area contributed by atoms with E-state index in [4.69, 9.17) is 0 Å². The molecule has 1 unspecified atom stereocenters. The van der Waals surface area contributed by atoms with Crippen LogP contribution >= 0.6 is 0 Å². The van der Waals surface area contributed by atoms with Gasteiger partial charge in [0.25, 0.3) is 0 Å². The van der Waals surface area contributed by atoms with Gasteiger partial charge >= 0.3 is 5.97 Å². The Morgan fingerprint density at radius 1 is 1.38 bits per heavy atom. The summed E-state index contributed by atoms with van der Waals surface area (Å²) in [7, 11) is 0. The highest BCUT2D eigenvalue weighted by Crippen LogP contribution is 2.37. The van der Waals surface area contributed by atoms with Gasteiger partial charge in [0, 0.05) is 25.5 Å². The predicted molar refractivity (Wildman–Crippen MR) is 79.1 cm³/mol. The Kier molecular flexibility index (Phi) is 3.45. The predicted octanol–water partition coefficient (Wildman–Crippen LogP) is 2.11. The molecule has 0 aromatic carbocycles. The first-order chi connectivity index (χ1) is 10.1. The summed E-state index contributed by atoms with van der Waals surface area (Å²) >= 11 is 0. The zero-order valence-corrected chi connectivity index (χ0v) is 12.0. The Morgan fingerprint density at radius 3 is 2.95 bits per heavy atom. The van der Waals surface area contributed by atoms with Crippen LogP contribution in [-0.2, 0) is 4.79 Å². The van der Waals surface area contributed by atoms with Crippen molar-refractivity contribution in [2.45, 2.75) is 26.2 Å². The molecule has 0 saturated carbocycles. The molecule has 1 atom stereocenters. The zero-order valence-electron chi connectivity index (χ0n) is 12.0. The molecule has 6 nitrogen and oxygen atoms in total. The topological polar surface area (TPSA) is 79.2 Å². The highest BCUT2D eigenvalue weighted by atomic mass is 16.4. The van der Waals surface area contributed by atoms with Crippen molar-refractivity contribution in [2.75, 3.05) is 18.0 Å². The van der Waals surface area contributed by atoms with Gasteiger partial charge in [-0.15, -0.1) is 0 Å². The maximum atomic E-state index is 11.6. The van der Waals surface area contributed by atoms with E-state index in [2.05, 4.69) is 15.0 Å². The fourth-order valence-electron chi connectivity index (χ4n) is 3.05. The van der Waals surface area contributed by atoms with Gasteiger partial charge in [-0.25, -0.2) is 9.97 Å². The van der Waals surface area contributed by atoms with Crippen LogP contribution in [0.25, 0.3) is 11.2 Å². The van der Waals surface area contributed by atoms with Gasteiger partial charge in [-0.05, 0) is 25.0 Å². The molecule has 21 heavy (non-hydrogen) atoms. The van der Waals surface area contributed by atoms with Gasteiger partial charge in [0.1, 0.15) is 11.3 Å². The van der Waals surface area contributed by atoms with Crippen LogP contribution in [0.5, 0.6) is 0 Å². The SMILES string of the molecule is CCCC1(C(=O)O)CCN(c2ccc3nccnc3n2)C1. The molecule has 1 aliphatic rings. The number of aliphatic carboxylic acids is 1. The zero-order chi connectivity index (χ0) is 14.9. The van der Waals surface area contributed by atoms with Crippen molar-refractivity contribution in [3.05, 3.63) is 24.5 Å². The average Bonchev–Trinajstić information content (AvgIpc) is 2.93. The Morgan fingerprint density at radius 2 is 2.19 bits per heavy atom. The molecule has 0 radical (unpaired) electrons. The molecule has 1 N–H and O–H groups in total. The smallest absolute Gasteiger partial charge is 0.311 e. The van der Waals surface area contributed by atoms with Gasteiger partial charge in [0.2, 0.25) is 0 Å². The van der Waals surface area contributed by atoms with Crippen LogP contribution < -0.4 is 4.90 Å². The lowest BCUT2D eigenvalue weighted by Crippen LogP contribution is -2.34. The molecule has 1 saturated heterocycles. The normalized spacial score (nSPS) is 21.9. The molecule has 0 amide bonds. The summed E-state index contributed by atoms with van der Waals surface area (Å²) in [5.74, 6) is 0.0784. The first-order valence-electron chi connectivity index (χ1n) is 7.21. The molecule has 3 rings (SSSR count). The number of fused-ring (bicyclic) bond motifs is 1. The van der Waals surface area contributed by atoms with Gasteiger partial charge in [-0.2, -0.15) is 0 Å². The maximum Gasteiger partial charge on any atom is 0.311 e. The first-order valence-corrected chi connectivity index (χ1v) is 7.21. The summed E-state index contributed by atoms with van der Waals surface area (Å²) in [6.07, 6.45) is 5.48. The Bertz CT molecular complexity index is 676. The fraction of sp³-hybridized carbons (Fsp3) is 0.467. The molecule has 0 bridgehead atoms. The number of anilines is 1. The van der Waals surface area contributed by atoms with Crippen molar-refractivity contribution < 1.29 is 9.90 Å². The lowest BCUT2D eigenvalue weighted by atomic mass is 9.83. The van der Waals surface area contributed by atoms with E-state index in [0.29, 0.717) is 31.6 Å². The Hall–Kier alpha value is -2.24. The lowest BCUT2D eigenvalue weighted by molar-refractivity contribution is -0.148. The number of hydrogen-bond donors (Lipinski definition) is 1. The summed E-state index contributed by atoms with van der Waals surface area (Å²) in [5.41, 5.74) is 0.699. The highest BCUT2D eigenvalue weighted by molar-refractivity contribution is 5.77. The van der Waals surface area contributed by atoms with Crippen molar-refractivity contribution >= 4 is 23.0 Å². The van der Waals surface area contributed by atoms with Crippen molar-refractivity contribution in [3.8, 4) is 0 Å². The van der Waals surface area contributed by atoms with E-state index in [1.54, 1.807) is 12.4 Å². The molecule has 0 aliphatic carbocycles. The van der Waals surface area contributed by atoms with Crippen LogP contribution in [0.3, 0.4) is 0 Å². The number of carboxylic acids is 1. The van der Waals surface area contributed by atoms with Crippen molar-refractivity contribution in [1.82, 2.24) is 15.0 Å². The third-order valence-electron chi connectivity index (χ3n) is 4.18. The number of nitrogens with zero attached hydrogens (tertiary/aromatic N) is 4. The second-order valence-corrected chi connectivity index (χ2v) is 5.58. The van der Waals surface area contributed by atoms with Crippen LogP contribution in [0.4, 0.5) is 5.82 Å². The number of pyridine rings is 1. The van der Waals surface area contributed by atoms with Crippen LogP contribution in [0, 0.1) is 5.41 Å². The molecular formula is C15H18N4O2. The minimum atomic E-state index is -0.701. The van der Waals surface area contributed by atoms with Crippen LogP contribution in [0.15, 0.2) is 24.5 Å². The third-order valence-corrected chi connectivity index (χ3v) is 4.18. The molecule has 6 heteroatoms. The van der Waals surface area contributed by atoms with Gasteiger partial charge in [0.15, 0.2) is 5.65 Å². The van der Waals surface area contributed by atoms with Crippen LogP contribution in [0.2, 0.25) is 0 Å². The molecule has 0 spiro atoms. The van der Waals surface area contributed by atoms with Crippen molar-refractivity contribution in [1.29, 1.82) is 0 Å².